The maximum atomic E-state index is 5.77. The number of guanidine groups is 1. The second kappa shape index (κ2) is 10.3. The maximum absolute atomic E-state index is 5.77. The van der Waals surface area contributed by atoms with Crippen LogP contribution in [-0.2, 0) is 13.1 Å². The summed E-state index contributed by atoms with van der Waals surface area (Å²) in [6.45, 7) is 5.60. The van der Waals surface area contributed by atoms with Gasteiger partial charge in [-0.2, -0.15) is 0 Å². The molecule has 4 rings (SSSR count). The molecule has 0 spiro atoms. The minimum atomic E-state index is 0.678. The molecule has 2 aliphatic rings. The lowest BCUT2D eigenvalue weighted by molar-refractivity contribution is 0.221. The van der Waals surface area contributed by atoms with Crippen LogP contribution in [0.4, 0.5) is 5.69 Å². The third-order valence-corrected chi connectivity index (χ3v) is 5.57. The highest BCUT2D eigenvalue weighted by molar-refractivity contribution is 5.93. The summed E-state index contributed by atoms with van der Waals surface area (Å²) in [6, 6.07) is 14.8. The molecule has 0 radical (unpaired) electrons. The van der Waals surface area contributed by atoms with E-state index < -0.39 is 0 Å². The van der Waals surface area contributed by atoms with Gasteiger partial charge in [-0.25, -0.2) is 0 Å². The number of likely N-dealkylation sites (tertiary alicyclic amines) is 1. The van der Waals surface area contributed by atoms with E-state index in [2.05, 4.69) is 44.8 Å². The van der Waals surface area contributed by atoms with E-state index in [1.165, 1.54) is 43.5 Å². The Balaban J connectivity index is 1.29. The molecule has 1 saturated heterocycles. The first kappa shape index (κ1) is 20.5. The quantitative estimate of drug-likeness (QED) is 0.578. The third-order valence-electron chi connectivity index (χ3n) is 5.57. The van der Waals surface area contributed by atoms with Gasteiger partial charge >= 0.3 is 0 Å². The standard InChI is InChI=1S/C24H32N4O2/c1-25-24(27-21-10-11-22-23(16-21)30-15-5-14-29-22)26-17-19-6-8-20(9-7-19)18-28-12-3-2-4-13-28/h6-11,16H,2-5,12-15,17-18H2,1H3,(H2,25,26,27). The third kappa shape index (κ3) is 5.66. The number of ether oxygens (including phenoxy) is 2. The zero-order chi connectivity index (χ0) is 20.6. The molecule has 2 heterocycles. The Morgan fingerprint density at radius 2 is 1.63 bits per heavy atom. The van der Waals surface area contributed by atoms with Gasteiger partial charge in [0.15, 0.2) is 17.5 Å². The number of anilines is 1. The van der Waals surface area contributed by atoms with E-state index in [-0.39, 0.29) is 0 Å². The van der Waals surface area contributed by atoms with Crippen LogP contribution >= 0.6 is 0 Å². The Morgan fingerprint density at radius 1 is 0.900 bits per heavy atom. The van der Waals surface area contributed by atoms with Crippen LogP contribution in [-0.4, -0.2) is 44.2 Å². The van der Waals surface area contributed by atoms with Crippen LogP contribution < -0.4 is 20.1 Å². The zero-order valence-electron chi connectivity index (χ0n) is 17.8. The molecule has 2 N–H and O–H groups in total. The van der Waals surface area contributed by atoms with Crippen molar-refractivity contribution in [1.82, 2.24) is 10.2 Å². The Labute approximate surface area is 179 Å². The van der Waals surface area contributed by atoms with E-state index in [0.29, 0.717) is 19.8 Å². The number of rotatable bonds is 5. The molecule has 2 aromatic carbocycles. The van der Waals surface area contributed by atoms with Gasteiger partial charge in [0.25, 0.3) is 0 Å². The summed E-state index contributed by atoms with van der Waals surface area (Å²) in [5, 5.41) is 6.72. The summed E-state index contributed by atoms with van der Waals surface area (Å²) in [5.41, 5.74) is 3.54. The number of fused-ring (bicyclic) bond motifs is 1. The molecule has 2 aliphatic heterocycles. The molecule has 160 valence electrons. The average molecular weight is 409 g/mol. The van der Waals surface area contributed by atoms with Crippen LogP contribution in [0, 0.1) is 0 Å². The highest BCUT2D eigenvalue weighted by atomic mass is 16.5. The van der Waals surface area contributed by atoms with Crippen molar-refractivity contribution in [3.05, 3.63) is 53.6 Å². The van der Waals surface area contributed by atoms with Crippen LogP contribution in [0.3, 0.4) is 0 Å². The monoisotopic (exact) mass is 408 g/mol. The molecule has 30 heavy (non-hydrogen) atoms. The summed E-state index contributed by atoms with van der Waals surface area (Å²) in [4.78, 5) is 6.89. The summed E-state index contributed by atoms with van der Waals surface area (Å²) in [6.07, 6.45) is 4.94. The molecule has 0 saturated carbocycles. The average Bonchev–Trinajstić information content (AvgIpc) is 3.03. The van der Waals surface area contributed by atoms with Crippen molar-refractivity contribution in [3.8, 4) is 11.5 Å². The van der Waals surface area contributed by atoms with Gasteiger partial charge in [-0.3, -0.25) is 9.89 Å². The lowest BCUT2D eigenvalue weighted by Crippen LogP contribution is -2.30. The van der Waals surface area contributed by atoms with E-state index in [4.69, 9.17) is 9.47 Å². The van der Waals surface area contributed by atoms with Crippen molar-refractivity contribution in [2.45, 2.75) is 38.8 Å². The summed E-state index contributed by atoms with van der Waals surface area (Å²) in [5.74, 6) is 2.30. The minimum Gasteiger partial charge on any atom is -0.490 e. The van der Waals surface area contributed by atoms with E-state index in [0.717, 1.165) is 36.1 Å². The van der Waals surface area contributed by atoms with Crippen LogP contribution in [0.5, 0.6) is 11.5 Å². The highest BCUT2D eigenvalue weighted by Crippen LogP contribution is 2.32. The van der Waals surface area contributed by atoms with E-state index in [9.17, 15) is 0 Å². The van der Waals surface area contributed by atoms with Crippen molar-refractivity contribution in [2.75, 3.05) is 38.7 Å². The Morgan fingerprint density at radius 3 is 2.40 bits per heavy atom. The lowest BCUT2D eigenvalue weighted by atomic mass is 10.1. The predicted octanol–water partition coefficient (Wildman–Crippen LogP) is 4.02. The second-order valence-electron chi connectivity index (χ2n) is 7.92. The summed E-state index contributed by atoms with van der Waals surface area (Å²) >= 11 is 0. The molecule has 6 heteroatoms. The van der Waals surface area contributed by atoms with Gasteiger partial charge in [0.1, 0.15) is 0 Å². The number of nitrogens with one attached hydrogen (secondary N) is 2. The van der Waals surface area contributed by atoms with E-state index in [1.807, 2.05) is 18.2 Å². The predicted molar refractivity (Wildman–Crippen MR) is 121 cm³/mol. The molecule has 0 atom stereocenters. The van der Waals surface area contributed by atoms with E-state index >= 15 is 0 Å². The Bertz CT molecular complexity index is 845. The van der Waals surface area contributed by atoms with Gasteiger partial charge in [0, 0.05) is 38.3 Å². The van der Waals surface area contributed by atoms with Crippen LogP contribution in [0.25, 0.3) is 0 Å². The first-order chi connectivity index (χ1) is 14.8. The largest absolute Gasteiger partial charge is 0.490 e. The fraction of sp³-hybridized carbons (Fsp3) is 0.458. The molecular weight excluding hydrogens is 376 g/mol. The first-order valence-electron chi connectivity index (χ1n) is 11.0. The van der Waals surface area contributed by atoms with Gasteiger partial charge in [-0.1, -0.05) is 30.7 Å². The number of benzene rings is 2. The molecule has 6 nitrogen and oxygen atoms in total. The highest BCUT2D eigenvalue weighted by Gasteiger charge is 2.12. The van der Waals surface area contributed by atoms with Gasteiger partial charge in [-0.15, -0.1) is 0 Å². The smallest absolute Gasteiger partial charge is 0.195 e. The molecule has 0 aromatic heterocycles. The van der Waals surface area contributed by atoms with Crippen LogP contribution in [0.2, 0.25) is 0 Å². The SMILES string of the molecule is CN=C(NCc1ccc(CN2CCCCC2)cc1)Nc1ccc2c(c1)OCCCO2. The number of hydrogen-bond acceptors (Lipinski definition) is 4. The molecule has 0 bridgehead atoms. The normalized spacial score (nSPS) is 17.3. The van der Waals surface area contributed by atoms with Gasteiger partial charge < -0.3 is 20.1 Å². The number of piperidine rings is 1. The molecule has 0 aliphatic carbocycles. The van der Waals surface area contributed by atoms with Crippen molar-refractivity contribution >= 4 is 11.6 Å². The number of hydrogen-bond donors (Lipinski definition) is 2. The first-order valence-corrected chi connectivity index (χ1v) is 11.0. The van der Waals surface area contributed by atoms with Gasteiger partial charge in [-0.05, 0) is 49.2 Å². The molecule has 0 unspecified atom stereocenters. The van der Waals surface area contributed by atoms with Crippen molar-refractivity contribution < 1.29 is 9.47 Å². The number of nitrogens with zero attached hydrogens (tertiary/aromatic N) is 2. The molecule has 1 fully saturated rings. The van der Waals surface area contributed by atoms with Gasteiger partial charge in [0.2, 0.25) is 0 Å². The van der Waals surface area contributed by atoms with Crippen molar-refractivity contribution in [1.29, 1.82) is 0 Å². The second-order valence-corrected chi connectivity index (χ2v) is 7.92. The molecule has 0 amide bonds. The molecule has 2 aromatic rings. The minimum absolute atomic E-state index is 0.678. The van der Waals surface area contributed by atoms with Crippen molar-refractivity contribution in [2.24, 2.45) is 4.99 Å². The molecular formula is C24H32N4O2. The van der Waals surface area contributed by atoms with Crippen LogP contribution in [0.1, 0.15) is 36.8 Å². The van der Waals surface area contributed by atoms with Gasteiger partial charge in [0.05, 0.1) is 13.2 Å². The fourth-order valence-corrected chi connectivity index (χ4v) is 3.88. The Kier molecular flexibility index (Phi) is 7.08. The number of aliphatic imine (C=N–C) groups is 1. The van der Waals surface area contributed by atoms with E-state index in [1.54, 1.807) is 7.05 Å². The summed E-state index contributed by atoms with van der Waals surface area (Å²) in [7, 11) is 1.78. The topological polar surface area (TPSA) is 58.1 Å². The zero-order valence-corrected chi connectivity index (χ0v) is 17.8. The Hall–Kier alpha value is -2.73. The van der Waals surface area contributed by atoms with Crippen LogP contribution in [0.15, 0.2) is 47.5 Å². The fourth-order valence-electron chi connectivity index (χ4n) is 3.88. The summed E-state index contributed by atoms with van der Waals surface area (Å²) < 4.78 is 11.5. The van der Waals surface area contributed by atoms with Crippen molar-refractivity contribution in [3.63, 3.8) is 0 Å². The maximum Gasteiger partial charge on any atom is 0.195 e. The lowest BCUT2D eigenvalue weighted by Gasteiger charge is -2.26.